The quantitative estimate of drug-likeness (QED) is 0.588. The van der Waals surface area contributed by atoms with Gasteiger partial charge in [0.2, 0.25) is 0 Å². The summed E-state index contributed by atoms with van der Waals surface area (Å²) in [5, 5.41) is 0. The molecular weight excluding hydrogens is 176 g/mol. The van der Waals surface area contributed by atoms with Crippen LogP contribution in [-0.2, 0) is 4.79 Å². The van der Waals surface area contributed by atoms with Gasteiger partial charge in [-0.15, -0.1) is 0 Å². The Bertz CT molecular complexity index is 181. The van der Waals surface area contributed by atoms with Gasteiger partial charge in [-0.1, -0.05) is 38.9 Å². The fraction of sp³-hybridized carbons (Fsp3) is 0.909. The predicted octanol–water partition coefficient (Wildman–Crippen LogP) is 3.62. The van der Waals surface area contributed by atoms with Crippen LogP contribution in [0.25, 0.3) is 0 Å². The number of Topliss-reactive ketones (excluding diaryl/α,β-unsaturated/α-hetero) is 1. The van der Waals surface area contributed by atoms with Crippen molar-refractivity contribution in [1.29, 1.82) is 0 Å². The molecule has 0 spiro atoms. The van der Waals surface area contributed by atoms with Crippen molar-refractivity contribution in [3.05, 3.63) is 0 Å². The highest BCUT2D eigenvalue weighted by Gasteiger charge is 2.28. The Morgan fingerprint density at radius 1 is 1.15 bits per heavy atom. The van der Waals surface area contributed by atoms with E-state index in [0.29, 0.717) is 5.78 Å². The van der Waals surface area contributed by atoms with Crippen LogP contribution in [0.3, 0.4) is 0 Å². The van der Waals surface area contributed by atoms with E-state index in [1.54, 1.807) is 0 Å². The summed E-state index contributed by atoms with van der Waals surface area (Å²) in [4.78, 5) is 11.5. The molecule has 0 aromatic carbocycles. The highest BCUT2D eigenvalue weighted by atomic mass is 28.3. The van der Waals surface area contributed by atoms with E-state index < -0.39 is 8.07 Å². The summed E-state index contributed by atoms with van der Waals surface area (Å²) in [5.74, 6) is 0.520. The van der Waals surface area contributed by atoms with Gasteiger partial charge >= 0.3 is 0 Å². The predicted molar refractivity (Wildman–Crippen MR) is 59.8 cm³/mol. The third kappa shape index (κ3) is 3.63. The fourth-order valence-electron chi connectivity index (χ4n) is 2.11. The molecule has 0 aliphatic heterocycles. The van der Waals surface area contributed by atoms with Gasteiger partial charge in [0.1, 0.15) is 5.78 Å². The van der Waals surface area contributed by atoms with Gasteiger partial charge in [0.25, 0.3) is 0 Å². The van der Waals surface area contributed by atoms with Crippen molar-refractivity contribution in [2.45, 2.75) is 63.7 Å². The average molecular weight is 198 g/mol. The molecule has 0 radical (unpaired) electrons. The maximum absolute atomic E-state index is 11.5. The third-order valence-corrected chi connectivity index (χ3v) is 6.15. The van der Waals surface area contributed by atoms with Crippen LogP contribution in [0.4, 0.5) is 0 Å². The zero-order chi connectivity index (χ0) is 9.90. The van der Waals surface area contributed by atoms with Crippen molar-refractivity contribution >= 4 is 13.9 Å². The molecule has 1 unspecified atom stereocenters. The fourth-order valence-corrected chi connectivity index (χ4v) is 4.02. The van der Waals surface area contributed by atoms with Gasteiger partial charge in [0.15, 0.2) is 0 Å². The zero-order valence-corrected chi connectivity index (χ0v) is 10.2. The Kier molecular flexibility index (Phi) is 3.71. The van der Waals surface area contributed by atoms with Gasteiger partial charge in [-0.05, 0) is 12.0 Å². The summed E-state index contributed by atoms with van der Waals surface area (Å²) in [7, 11) is -1.07. The van der Waals surface area contributed by atoms with Crippen LogP contribution in [0.2, 0.25) is 25.2 Å². The van der Waals surface area contributed by atoms with Gasteiger partial charge in [-0.3, -0.25) is 4.79 Å². The Morgan fingerprint density at radius 2 is 1.85 bits per heavy atom. The second-order valence-corrected chi connectivity index (χ2v) is 11.0. The second-order valence-electron chi connectivity index (χ2n) is 5.41. The van der Waals surface area contributed by atoms with E-state index in [0.717, 1.165) is 24.8 Å². The number of ketones is 1. The molecule has 1 saturated carbocycles. The van der Waals surface area contributed by atoms with Gasteiger partial charge < -0.3 is 0 Å². The summed E-state index contributed by atoms with van der Waals surface area (Å²) < 4.78 is 0. The van der Waals surface area contributed by atoms with E-state index in [2.05, 4.69) is 19.6 Å². The van der Waals surface area contributed by atoms with Crippen LogP contribution in [0.15, 0.2) is 0 Å². The minimum atomic E-state index is -1.07. The lowest BCUT2D eigenvalue weighted by molar-refractivity contribution is -0.119. The van der Waals surface area contributed by atoms with Crippen LogP contribution in [-0.4, -0.2) is 13.9 Å². The number of hydrogen-bond donors (Lipinski definition) is 0. The first-order valence-corrected chi connectivity index (χ1v) is 9.09. The number of hydrogen-bond acceptors (Lipinski definition) is 1. The average Bonchev–Trinajstić information content (AvgIpc) is 1.94. The van der Waals surface area contributed by atoms with E-state index in [9.17, 15) is 4.79 Å². The van der Waals surface area contributed by atoms with Crippen molar-refractivity contribution in [1.82, 2.24) is 0 Å². The largest absolute Gasteiger partial charge is 0.300 e. The second kappa shape index (κ2) is 4.40. The summed E-state index contributed by atoms with van der Waals surface area (Å²) in [6.45, 7) is 7.19. The van der Waals surface area contributed by atoms with Crippen molar-refractivity contribution in [3.8, 4) is 0 Å². The highest BCUT2D eigenvalue weighted by Crippen LogP contribution is 2.33. The minimum Gasteiger partial charge on any atom is -0.300 e. The Labute approximate surface area is 82.9 Å². The Hall–Kier alpha value is -0.113. The highest BCUT2D eigenvalue weighted by molar-refractivity contribution is 6.77. The van der Waals surface area contributed by atoms with Crippen LogP contribution in [0.5, 0.6) is 0 Å². The van der Waals surface area contributed by atoms with Gasteiger partial charge in [-0.25, -0.2) is 0 Å². The third-order valence-electron chi connectivity index (χ3n) is 3.21. The van der Waals surface area contributed by atoms with Crippen molar-refractivity contribution in [2.75, 3.05) is 0 Å². The van der Waals surface area contributed by atoms with Crippen LogP contribution < -0.4 is 0 Å². The molecule has 1 fully saturated rings. The lowest BCUT2D eigenvalue weighted by Crippen LogP contribution is -2.30. The van der Waals surface area contributed by atoms with Gasteiger partial charge in [0.05, 0.1) is 0 Å². The van der Waals surface area contributed by atoms with Crippen molar-refractivity contribution < 1.29 is 4.79 Å². The minimum absolute atomic E-state index is 0.520. The standard InChI is InChI=1S/C11H22OSi/c1-13(2,3)11-8-6-4-5-7-10(12)9-11/h11H,4-9H2,1-3H3. The maximum Gasteiger partial charge on any atom is 0.132 e. The van der Waals surface area contributed by atoms with Crippen molar-refractivity contribution in [2.24, 2.45) is 0 Å². The first kappa shape index (κ1) is 11.0. The summed E-state index contributed by atoms with van der Waals surface area (Å²) in [5.41, 5.74) is 0.750. The van der Waals surface area contributed by atoms with E-state index in [1.807, 2.05) is 0 Å². The molecule has 0 amide bonds. The molecule has 0 aromatic rings. The Morgan fingerprint density at radius 3 is 2.46 bits per heavy atom. The van der Waals surface area contributed by atoms with E-state index in [-0.39, 0.29) is 0 Å². The molecule has 0 bridgehead atoms. The SMILES string of the molecule is C[Si](C)(C)C1CCCCCC(=O)C1. The monoisotopic (exact) mass is 198 g/mol. The van der Waals surface area contributed by atoms with Gasteiger partial charge in [0, 0.05) is 20.9 Å². The molecule has 0 saturated heterocycles. The number of carbonyl (C=O) groups is 1. The topological polar surface area (TPSA) is 17.1 Å². The number of carbonyl (C=O) groups excluding carboxylic acids is 1. The summed E-state index contributed by atoms with van der Waals surface area (Å²) in [6, 6.07) is 0. The van der Waals surface area contributed by atoms with Crippen LogP contribution >= 0.6 is 0 Å². The number of rotatable bonds is 1. The molecule has 1 aliphatic carbocycles. The molecule has 1 atom stereocenters. The smallest absolute Gasteiger partial charge is 0.132 e. The first-order valence-electron chi connectivity index (χ1n) is 5.52. The normalized spacial score (nSPS) is 26.7. The molecular formula is C11H22OSi. The molecule has 13 heavy (non-hydrogen) atoms. The molecule has 0 N–H and O–H groups in total. The van der Waals surface area contributed by atoms with Crippen LogP contribution in [0.1, 0.15) is 38.5 Å². The van der Waals surface area contributed by atoms with E-state index in [1.165, 1.54) is 19.3 Å². The summed E-state index contributed by atoms with van der Waals surface area (Å²) in [6.07, 6.45) is 6.80. The molecule has 1 rings (SSSR count). The maximum atomic E-state index is 11.5. The molecule has 1 aliphatic rings. The molecule has 0 heterocycles. The molecule has 2 heteroatoms. The van der Waals surface area contributed by atoms with E-state index >= 15 is 0 Å². The molecule has 76 valence electrons. The van der Waals surface area contributed by atoms with Crippen LogP contribution in [0, 0.1) is 0 Å². The lowest BCUT2D eigenvalue weighted by atomic mass is 9.99. The van der Waals surface area contributed by atoms with Crippen molar-refractivity contribution in [3.63, 3.8) is 0 Å². The summed E-state index contributed by atoms with van der Waals surface area (Å²) >= 11 is 0. The zero-order valence-electron chi connectivity index (χ0n) is 9.23. The first-order chi connectivity index (χ1) is 6.00. The van der Waals surface area contributed by atoms with E-state index in [4.69, 9.17) is 0 Å². The van der Waals surface area contributed by atoms with Gasteiger partial charge in [-0.2, -0.15) is 0 Å². The molecule has 1 nitrogen and oxygen atoms in total. The Balaban J connectivity index is 2.56. The molecule has 0 aromatic heterocycles. The lowest BCUT2D eigenvalue weighted by Gasteiger charge is -2.29.